The molecule has 2 spiro atoms. The molecule has 0 saturated heterocycles. The molecule has 5 N–H and O–H groups in total. The van der Waals surface area contributed by atoms with Gasteiger partial charge in [-0.2, -0.15) is 0 Å². The van der Waals surface area contributed by atoms with Crippen molar-refractivity contribution in [2.24, 2.45) is 45.3 Å². The van der Waals surface area contributed by atoms with Crippen LogP contribution in [0.5, 0.6) is 23.0 Å². The van der Waals surface area contributed by atoms with Crippen molar-refractivity contribution in [2.45, 2.75) is 181 Å². The van der Waals surface area contributed by atoms with Crippen LogP contribution in [0.2, 0.25) is 0 Å². The number of hydrogen-bond acceptors (Lipinski definition) is 9. The van der Waals surface area contributed by atoms with E-state index < -0.39 is 35.2 Å². The molecule has 0 aromatic heterocycles. The molecule has 4 saturated carbocycles. The first kappa shape index (κ1) is 43.8. The fourth-order valence-electron chi connectivity index (χ4n) is 16.1. The molecule has 12 heteroatoms. The number of aromatic hydroxyl groups is 2. The average molecular weight is 883 g/mol. The predicted octanol–water partition coefficient (Wildman–Crippen LogP) is 8.15. The number of carboxylic acid groups (broad SMARTS) is 1. The number of aliphatic hydroxyl groups excluding tert-OH is 2. The van der Waals surface area contributed by atoms with Crippen LogP contribution in [0, 0.1) is 45.3 Å². The number of carbonyl (C=O) groups is 3. The van der Waals surface area contributed by atoms with Crippen LogP contribution in [-0.4, -0.2) is 89.1 Å². The molecular weight excluding hydrogens is 813 g/mol. The number of fused-ring (bicyclic) bond motifs is 8. The second-order valence-electron chi connectivity index (χ2n) is 23.5. The van der Waals surface area contributed by atoms with Crippen molar-refractivity contribution in [1.82, 2.24) is 9.80 Å². The van der Waals surface area contributed by atoms with Gasteiger partial charge < -0.3 is 44.8 Å². The number of ether oxygens (including phenoxy) is 2. The number of aliphatic carboxylic acids is 1. The number of amides is 2. The number of unbranched alkanes of at least 4 members (excludes halogenated alkanes) is 1. The molecule has 4 heterocycles. The summed E-state index contributed by atoms with van der Waals surface area (Å²) in [5, 5.41) is 56.2. The maximum Gasteiger partial charge on any atom is 0.326 e. The Balaban J connectivity index is 0.801. The van der Waals surface area contributed by atoms with E-state index in [-0.39, 0.29) is 93.9 Å². The Kier molecular flexibility index (Phi) is 9.75. The smallest absolute Gasteiger partial charge is 0.326 e. The van der Waals surface area contributed by atoms with E-state index in [2.05, 4.69) is 55.4 Å². The number of benzene rings is 2. The highest BCUT2D eigenvalue weighted by molar-refractivity contribution is 6.02. The standard InChI is InChI=1S/C52H70N2O10/c1-27-12-14-38-47(3,4)40(55)16-18-49(38,7)51(27)23-31-36(63-51)21-29-33(42(31)57)25-53(44(29)59)20-10-9-11-35(46(61)62)54-26-34-30(45(54)60)22-37-32(43(34)58)24-52(64-37)28(2)13-15-39-48(5,6)41(56)17-19-50(39,52)8/h21-22,27-28,35,38-41,55-58H,9-20,23-26H2,1-8H3,(H,61,62). The van der Waals surface area contributed by atoms with Crippen LogP contribution in [0.25, 0.3) is 0 Å². The lowest BCUT2D eigenvalue weighted by Gasteiger charge is -2.64. The minimum absolute atomic E-state index is 0.0164. The fraction of sp³-hybridized carbons (Fsp3) is 0.712. The van der Waals surface area contributed by atoms with Crippen molar-refractivity contribution >= 4 is 17.8 Å². The molecule has 4 aliphatic carbocycles. The monoisotopic (exact) mass is 883 g/mol. The average Bonchev–Trinajstić information content (AvgIpc) is 4.00. The van der Waals surface area contributed by atoms with Crippen molar-refractivity contribution in [2.75, 3.05) is 6.54 Å². The van der Waals surface area contributed by atoms with Gasteiger partial charge in [0.25, 0.3) is 11.8 Å². The Hall–Kier alpha value is -4.03. The molecule has 4 aliphatic heterocycles. The van der Waals surface area contributed by atoms with Gasteiger partial charge in [0.2, 0.25) is 0 Å². The van der Waals surface area contributed by atoms with Gasteiger partial charge in [0.05, 0.1) is 36.4 Å². The third kappa shape index (κ3) is 5.62. The Bertz CT molecular complexity index is 2340. The number of aliphatic hydroxyl groups is 2. The van der Waals surface area contributed by atoms with Crippen molar-refractivity contribution in [3.8, 4) is 23.0 Å². The van der Waals surface area contributed by atoms with Gasteiger partial charge in [0, 0.05) is 52.5 Å². The van der Waals surface area contributed by atoms with E-state index in [1.807, 2.05) is 6.07 Å². The minimum Gasteiger partial charge on any atom is -0.507 e. The Morgan fingerprint density at radius 2 is 1.16 bits per heavy atom. The van der Waals surface area contributed by atoms with Crippen LogP contribution in [0.3, 0.4) is 0 Å². The summed E-state index contributed by atoms with van der Waals surface area (Å²) in [6.45, 7) is 18.3. The lowest BCUT2D eigenvalue weighted by atomic mass is 9.43. The fourth-order valence-corrected chi connectivity index (χ4v) is 16.1. The summed E-state index contributed by atoms with van der Waals surface area (Å²) < 4.78 is 14.0. The molecule has 8 aliphatic rings. The quantitative estimate of drug-likeness (QED) is 0.171. The van der Waals surface area contributed by atoms with Crippen LogP contribution in [0.15, 0.2) is 12.1 Å². The number of rotatable bonds is 7. The molecule has 2 amide bonds. The van der Waals surface area contributed by atoms with Gasteiger partial charge in [-0.15, -0.1) is 0 Å². The maximum atomic E-state index is 14.1. The number of phenolic OH excluding ortho intramolecular Hbond substituents is 2. The molecule has 10 rings (SSSR count). The zero-order chi connectivity index (χ0) is 45.8. The minimum atomic E-state index is -1.13. The number of carbonyl (C=O) groups excluding carboxylic acids is 2. The normalized spacial score (nSPS) is 38.0. The van der Waals surface area contributed by atoms with Gasteiger partial charge >= 0.3 is 5.97 Å². The first-order valence-corrected chi connectivity index (χ1v) is 24.4. The van der Waals surface area contributed by atoms with Crippen molar-refractivity contribution in [1.29, 1.82) is 0 Å². The Morgan fingerprint density at radius 1 is 0.688 bits per heavy atom. The third-order valence-electron chi connectivity index (χ3n) is 20.1. The van der Waals surface area contributed by atoms with E-state index in [1.54, 1.807) is 11.0 Å². The summed E-state index contributed by atoms with van der Waals surface area (Å²) in [6, 6.07) is 2.43. The van der Waals surface area contributed by atoms with Gasteiger partial charge in [-0.05, 0) is 117 Å². The molecule has 11 atom stereocenters. The molecule has 2 aromatic carbocycles. The number of phenols is 2. The van der Waals surface area contributed by atoms with Crippen molar-refractivity contribution < 1.29 is 49.4 Å². The Morgan fingerprint density at radius 3 is 1.64 bits per heavy atom. The molecule has 11 unspecified atom stereocenters. The van der Waals surface area contributed by atoms with E-state index in [0.29, 0.717) is 78.8 Å². The van der Waals surface area contributed by atoms with Crippen LogP contribution >= 0.6 is 0 Å². The largest absolute Gasteiger partial charge is 0.507 e. The summed E-state index contributed by atoms with van der Waals surface area (Å²) >= 11 is 0. The predicted molar refractivity (Wildman–Crippen MR) is 238 cm³/mol. The molecule has 0 radical (unpaired) electrons. The van der Waals surface area contributed by atoms with Crippen LogP contribution in [0.4, 0.5) is 0 Å². The first-order valence-electron chi connectivity index (χ1n) is 24.4. The van der Waals surface area contributed by atoms with Gasteiger partial charge in [0.15, 0.2) is 0 Å². The molecule has 2 aromatic rings. The highest BCUT2D eigenvalue weighted by atomic mass is 16.5. The van der Waals surface area contributed by atoms with E-state index in [1.165, 1.54) is 4.90 Å². The lowest BCUT2D eigenvalue weighted by molar-refractivity contribution is -0.210. The number of hydrogen-bond donors (Lipinski definition) is 5. The van der Waals surface area contributed by atoms with Gasteiger partial charge in [-0.1, -0.05) is 55.4 Å². The molecule has 348 valence electrons. The van der Waals surface area contributed by atoms with E-state index in [4.69, 9.17) is 9.47 Å². The van der Waals surface area contributed by atoms with Crippen molar-refractivity contribution in [3.05, 3.63) is 45.5 Å². The SMILES string of the molecule is CC1CCC2C(C)(C)C(O)CCC2(C)C12Cc1c(cc3c(c1O)CN(CCCCC(C(=O)O)N1Cc4c(cc5c(c4O)CC4(O5)C(C)CCC5C(C)(C)C(O)CCC54C)C1=O)C3=O)O2. The van der Waals surface area contributed by atoms with E-state index >= 15 is 0 Å². The summed E-state index contributed by atoms with van der Waals surface area (Å²) in [6.07, 6.45) is 8.31. The Labute approximate surface area is 377 Å². The first-order chi connectivity index (χ1) is 30.0. The number of nitrogens with zero attached hydrogens (tertiary/aromatic N) is 2. The van der Waals surface area contributed by atoms with E-state index in [9.17, 15) is 39.9 Å². The summed E-state index contributed by atoms with van der Waals surface area (Å²) in [7, 11) is 0. The number of carboxylic acids is 1. The molecule has 12 nitrogen and oxygen atoms in total. The van der Waals surface area contributed by atoms with Crippen LogP contribution in [-0.2, 0) is 30.7 Å². The zero-order valence-electron chi connectivity index (χ0n) is 39.2. The third-order valence-corrected chi connectivity index (χ3v) is 20.1. The molecule has 0 bridgehead atoms. The zero-order valence-corrected chi connectivity index (χ0v) is 39.2. The summed E-state index contributed by atoms with van der Waals surface area (Å²) in [5.74, 6) is 0.345. The second-order valence-corrected chi connectivity index (χ2v) is 23.5. The maximum absolute atomic E-state index is 14.1. The van der Waals surface area contributed by atoms with Crippen LogP contribution in [0.1, 0.15) is 169 Å². The topological polar surface area (TPSA) is 177 Å². The van der Waals surface area contributed by atoms with Gasteiger partial charge in [-0.25, -0.2) is 4.79 Å². The summed E-state index contributed by atoms with van der Waals surface area (Å²) in [5.41, 5.74) is 1.01. The highest BCUT2D eigenvalue weighted by Crippen LogP contribution is 2.69. The molecule has 64 heavy (non-hydrogen) atoms. The molecule has 4 fully saturated rings. The second kappa shape index (κ2) is 14.2. The van der Waals surface area contributed by atoms with E-state index in [0.717, 1.165) is 44.1 Å². The van der Waals surface area contributed by atoms with Crippen molar-refractivity contribution in [3.63, 3.8) is 0 Å². The lowest BCUT2D eigenvalue weighted by Crippen LogP contribution is -2.66. The highest BCUT2D eigenvalue weighted by Gasteiger charge is 2.69. The van der Waals surface area contributed by atoms with Crippen LogP contribution < -0.4 is 9.47 Å². The van der Waals surface area contributed by atoms with Gasteiger partial charge in [-0.3, -0.25) is 9.59 Å². The van der Waals surface area contributed by atoms with Gasteiger partial charge in [0.1, 0.15) is 40.2 Å². The molecular formula is C52H70N2O10. The summed E-state index contributed by atoms with van der Waals surface area (Å²) in [4.78, 5) is 43.8.